The Balaban J connectivity index is 1.78. The van der Waals surface area contributed by atoms with Gasteiger partial charge in [-0.25, -0.2) is 9.97 Å². The van der Waals surface area contributed by atoms with Crippen LogP contribution in [0.5, 0.6) is 0 Å². The van der Waals surface area contributed by atoms with E-state index in [1.807, 2.05) is 0 Å². The highest BCUT2D eigenvalue weighted by Crippen LogP contribution is 2.29. The van der Waals surface area contributed by atoms with Crippen LogP contribution >= 0.6 is 15.9 Å². The number of hydrogen-bond donors (Lipinski definition) is 0. The third-order valence-electron chi connectivity index (χ3n) is 3.45. The van der Waals surface area contributed by atoms with Gasteiger partial charge in [0.15, 0.2) is 5.82 Å². The molecule has 106 valence electrons. The molecule has 0 N–H and O–H groups in total. The lowest BCUT2D eigenvalue weighted by Crippen LogP contribution is -2.34. The van der Waals surface area contributed by atoms with Crippen LogP contribution in [0.15, 0.2) is 16.9 Å². The van der Waals surface area contributed by atoms with Gasteiger partial charge < -0.3 is 0 Å². The predicted molar refractivity (Wildman–Crippen MR) is 75.5 cm³/mol. The summed E-state index contributed by atoms with van der Waals surface area (Å²) in [6, 6.07) is 0.237. The molecule has 7 nitrogen and oxygen atoms in total. The Kier molecular flexibility index (Phi) is 4.02. The fourth-order valence-corrected chi connectivity index (χ4v) is 2.74. The van der Waals surface area contributed by atoms with Gasteiger partial charge in [0.25, 0.3) is 0 Å². The largest absolute Gasteiger partial charge is 0.286 e. The average molecular weight is 338 g/mol. The Hall–Kier alpha value is -1.41. The molecule has 1 unspecified atom stereocenters. The number of piperidine rings is 1. The number of likely N-dealkylation sites (tertiary alicyclic amines) is 1. The number of tetrazole rings is 1. The first-order chi connectivity index (χ1) is 9.72. The van der Waals surface area contributed by atoms with Gasteiger partial charge in [-0.1, -0.05) is 6.42 Å². The summed E-state index contributed by atoms with van der Waals surface area (Å²) in [4.78, 5) is 12.7. The first kappa shape index (κ1) is 13.6. The summed E-state index contributed by atoms with van der Waals surface area (Å²) in [5.74, 6) is 1.62. The molecule has 0 bridgehead atoms. The molecule has 3 rings (SSSR count). The van der Waals surface area contributed by atoms with Crippen LogP contribution < -0.4 is 0 Å². The van der Waals surface area contributed by atoms with E-state index >= 15 is 0 Å². The topological polar surface area (TPSA) is 72.6 Å². The molecule has 0 saturated carbocycles. The summed E-state index contributed by atoms with van der Waals surface area (Å²) in [6.45, 7) is 1.71. The molecule has 1 saturated heterocycles. The zero-order valence-electron chi connectivity index (χ0n) is 11.3. The quantitative estimate of drug-likeness (QED) is 0.844. The minimum Gasteiger partial charge on any atom is -0.286 e. The zero-order chi connectivity index (χ0) is 13.9. The van der Waals surface area contributed by atoms with E-state index in [2.05, 4.69) is 46.2 Å². The summed E-state index contributed by atoms with van der Waals surface area (Å²) >= 11 is 3.37. The Morgan fingerprint density at radius 1 is 1.30 bits per heavy atom. The molecule has 1 atom stereocenters. The molecule has 0 radical (unpaired) electrons. The number of hydrogen-bond acceptors (Lipinski definition) is 6. The summed E-state index contributed by atoms with van der Waals surface area (Å²) in [5, 5.41) is 12.2. The fourth-order valence-electron chi connectivity index (χ4n) is 2.54. The third-order valence-corrected chi connectivity index (χ3v) is 3.86. The van der Waals surface area contributed by atoms with Gasteiger partial charge in [-0.3, -0.25) is 4.90 Å². The van der Waals surface area contributed by atoms with Gasteiger partial charge in [0.05, 0.1) is 24.1 Å². The molecule has 0 spiro atoms. The maximum absolute atomic E-state index is 4.44. The van der Waals surface area contributed by atoms with Gasteiger partial charge in [-0.2, -0.15) is 4.80 Å². The van der Waals surface area contributed by atoms with Crippen molar-refractivity contribution in [1.29, 1.82) is 0 Å². The second kappa shape index (κ2) is 5.92. The van der Waals surface area contributed by atoms with Crippen LogP contribution in [0.1, 0.15) is 37.0 Å². The van der Waals surface area contributed by atoms with Crippen molar-refractivity contribution in [3.05, 3.63) is 28.5 Å². The Bertz CT molecular complexity index is 567. The van der Waals surface area contributed by atoms with Crippen molar-refractivity contribution in [1.82, 2.24) is 35.1 Å². The van der Waals surface area contributed by atoms with E-state index in [0.717, 1.165) is 29.1 Å². The molecule has 2 aromatic rings. The lowest BCUT2D eigenvalue weighted by Gasteiger charge is -2.33. The SMILES string of the molecule is Cn1nnc(CN2CCCCC2c2ncc(Br)cn2)n1. The maximum Gasteiger partial charge on any atom is 0.188 e. The molecular weight excluding hydrogens is 322 g/mol. The van der Waals surface area contributed by atoms with Crippen molar-refractivity contribution in [2.45, 2.75) is 31.8 Å². The number of halogens is 1. The lowest BCUT2D eigenvalue weighted by atomic mass is 10.0. The van der Waals surface area contributed by atoms with Gasteiger partial charge in [0, 0.05) is 12.4 Å². The van der Waals surface area contributed by atoms with E-state index in [1.165, 1.54) is 17.6 Å². The van der Waals surface area contributed by atoms with E-state index in [1.54, 1.807) is 19.4 Å². The molecule has 8 heteroatoms. The summed E-state index contributed by atoms with van der Waals surface area (Å²) < 4.78 is 0.902. The van der Waals surface area contributed by atoms with Crippen molar-refractivity contribution in [2.24, 2.45) is 7.05 Å². The van der Waals surface area contributed by atoms with E-state index in [-0.39, 0.29) is 6.04 Å². The van der Waals surface area contributed by atoms with Crippen molar-refractivity contribution < 1.29 is 0 Å². The number of nitrogens with zero attached hydrogens (tertiary/aromatic N) is 7. The van der Waals surface area contributed by atoms with Gasteiger partial charge in [0.2, 0.25) is 0 Å². The molecule has 1 fully saturated rings. The molecular formula is C12H16BrN7. The van der Waals surface area contributed by atoms with Crippen LogP contribution in [0.25, 0.3) is 0 Å². The Morgan fingerprint density at radius 3 is 2.80 bits per heavy atom. The first-order valence-corrected chi connectivity index (χ1v) is 7.46. The van der Waals surface area contributed by atoms with Crippen LogP contribution in [0.4, 0.5) is 0 Å². The first-order valence-electron chi connectivity index (χ1n) is 6.67. The minimum atomic E-state index is 0.237. The molecule has 0 aromatic carbocycles. The second-order valence-electron chi connectivity index (χ2n) is 4.94. The van der Waals surface area contributed by atoms with Crippen LogP contribution in [-0.2, 0) is 13.6 Å². The highest BCUT2D eigenvalue weighted by molar-refractivity contribution is 9.10. The maximum atomic E-state index is 4.44. The number of rotatable bonds is 3. The Labute approximate surface area is 125 Å². The van der Waals surface area contributed by atoms with Crippen LogP contribution in [0, 0.1) is 0 Å². The van der Waals surface area contributed by atoms with Gasteiger partial charge in [-0.15, -0.1) is 10.2 Å². The van der Waals surface area contributed by atoms with Gasteiger partial charge >= 0.3 is 0 Å². The highest BCUT2D eigenvalue weighted by Gasteiger charge is 2.27. The lowest BCUT2D eigenvalue weighted by molar-refractivity contribution is 0.130. The molecule has 1 aliphatic rings. The zero-order valence-corrected chi connectivity index (χ0v) is 12.9. The smallest absolute Gasteiger partial charge is 0.188 e. The minimum absolute atomic E-state index is 0.237. The summed E-state index contributed by atoms with van der Waals surface area (Å²) in [5.41, 5.74) is 0. The Morgan fingerprint density at radius 2 is 2.10 bits per heavy atom. The predicted octanol–water partition coefficient (Wildman–Crippen LogP) is 1.49. The fraction of sp³-hybridized carbons (Fsp3) is 0.583. The van der Waals surface area contributed by atoms with Crippen molar-refractivity contribution in [3.63, 3.8) is 0 Å². The summed E-state index contributed by atoms with van der Waals surface area (Å²) in [7, 11) is 1.78. The van der Waals surface area contributed by atoms with Crippen molar-refractivity contribution in [2.75, 3.05) is 6.54 Å². The normalized spacial score (nSPS) is 20.2. The summed E-state index contributed by atoms with van der Waals surface area (Å²) in [6.07, 6.45) is 7.06. The third kappa shape index (κ3) is 3.01. The van der Waals surface area contributed by atoms with Crippen molar-refractivity contribution in [3.8, 4) is 0 Å². The van der Waals surface area contributed by atoms with Gasteiger partial charge in [-0.05, 0) is 40.5 Å². The monoisotopic (exact) mass is 337 g/mol. The molecule has 0 amide bonds. The van der Waals surface area contributed by atoms with E-state index in [9.17, 15) is 0 Å². The van der Waals surface area contributed by atoms with Crippen molar-refractivity contribution >= 4 is 15.9 Å². The molecule has 3 heterocycles. The van der Waals surface area contributed by atoms with Gasteiger partial charge in [0.1, 0.15) is 5.82 Å². The van der Waals surface area contributed by atoms with E-state index in [0.29, 0.717) is 6.54 Å². The average Bonchev–Trinajstić information content (AvgIpc) is 2.86. The highest BCUT2D eigenvalue weighted by atomic mass is 79.9. The number of aryl methyl sites for hydroxylation is 1. The van der Waals surface area contributed by atoms with E-state index < -0.39 is 0 Å². The molecule has 0 aliphatic carbocycles. The molecule has 1 aliphatic heterocycles. The van der Waals surface area contributed by atoms with Crippen LogP contribution in [0.2, 0.25) is 0 Å². The molecule has 2 aromatic heterocycles. The molecule has 20 heavy (non-hydrogen) atoms. The van der Waals surface area contributed by atoms with Crippen LogP contribution in [0.3, 0.4) is 0 Å². The second-order valence-corrected chi connectivity index (χ2v) is 5.85. The van der Waals surface area contributed by atoms with Crippen LogP contribution in [-0.4, -0.2) is 41.6 Å². The standard InChI is InChI=1S/C12H16BrN7/c1-19-17-11(16-18-19)8-20-5-3-2-4-10(20)12-14-6-9(13)7-15-12/h6-7,10H,2-5,8H2,1H3. The van der Waals surface area contributed by atoms with E-state index in [4.69, 9.17) is 0 Å². The number of aromatic nitrogens is 6.